The van der Waals surface area contributed by atoms with Gasteiger partial charge >= 0.3 is 0 Å². The number of nitrogens with zero attached hydrogens (tertiary/aromatic N) is 4. The summed E-state index contributed by atoms with van der Waals surface area (Å²) in [5.41, 5.74) is 1.06. The van der Waals surface area contributed by atoms with Crippen molar-refractivity contribution >= 4 is 11.6 Å². The molecule has 5 heteroatoms. The van der Waals surface area contributed by atoms with Gasteiger partial charge in [-0.05, 0) is 31.8 Å². The Labute approximate surface area is 95.2 Å². The van der Waals surface area contributed by atoms with Gasteiger partial charge in [0.05, 0.1) is 5.69 Å². The fraction of sp³-hybridized carbons (Fsp3) is 0.800. The zero-order chi connectivity index (χ0) is 10.7. The van der Waals surface area contributed by atoms with Crippen LogP contribution in [0.1, 0.15) is 18.5 Å². The van der Waals surface area contributed by atoms with E-state index in [1.54, 1.807) is 4.68 Å². The van der Waals surface area contributed by atoms with Crippen molar-refractivity contribution in [2.75, 3.05) is 19.0 Å². The quantitative estimate of drug-likeness (QED) is 0.731. The molecule has 1 aliphatic rings. The zero-order valence-corrected chi connectivity index (χ0v) is 9.82. The van der Waals surface area contributed by atoms with Crippen LogP contribution in [-0.4, -0.2) is 38.9 Å². The number of rotatable bonds is 3. The van der Waals surface area contributed by atoms with Crippen LogP contribution in [0, 0.1) is 5.92 Å². The van der Waals surface area contributed by atoms with Crippen molar-refractivity contribution in [3.05, 3.63) is 11.9 Å². The number of aromatic nitrogens is 3. The SMILES string of the molecule is Cn1cc(CN2CCC(CCl)CC2)nn1. The van der Waals surface area contributed by atoms with Gasteiger partial charge in [0, 0.05) is 25.7 Å². The minimum Gasteiger partial charge on any atom is -0.297 e. The number of hydrogen-bond donors (Lipinski definition) is 0. The van der Waals surface area contributed by atoms with E-state index in [4.69, 9.17) is 11.6 Å². The highest BCUT2D eigenvalue weighted by Gasteiger charge is 2.18. The number of hydrogen-bond acceptors (Lipinski definition) is 3. The largest absolute Gasteiger partial charge is 0.297 e. The normalized spacial score (nSPS) is 19.6. The molecule has 0 bridgehead atoms. The minimum absolute atomic E-state index is 0.713. The fourth-order valence-electron chi connectivity index (χ4n) is 2.00. The summed E-state index contributed by atoms with van der Waals surface area (Å²) >= 11 is 5.85. The molecule has 0 aromatic carbocycles. The van der Waals surface area contributed by atoms with Crippen LogP contribution in [-0.2, 0) is 13.6 Å². The van der Waals surface area contributed by atoms with Crippen LogP contribution in [0.25, 0.3) is 0 Å². The van der Waals surface area contributed by atoms with E-state index >= 15 is 0 Å². The first-order valence-electron chi connectivity index (χ1n) is 5.41. The number of halogens is 1. The van der Waals surface area contributed by atoms with E-state index in [0.29, 0.717) is 5.92 Å². The van der Waals surface area contributed by atoms with E-state index in [1.807, 2.05) is 13.2 Å². The van der Waals surface area contributed by atoms with Gasteiger partial charge < -0.3 is 0 Å². The summed E-state index contributed by atoms with van der Waals surface area (Å²) in [6.07, 6.45) is 4.40. The maximum atomic E-state index is 5.85. The van der Waals surface area contributed by atoms with Crippen LogP contribution in [0.5, 0.6) is 0 Å². The topological polar surface area (TPSA) is 34.0 Å². The highest BCUT2D eigenvalue weighted by atomic mass is 35.5. The molecule has 0 N–H and O–H groups in total. The fourth-order valence-corrected chi connectivity index (χ4v) is 2.30. The molecule has 15 heavy (non-hydrogen) atoms. The number of piperidine rings is 1. The smallest absolute Gasteiger partial charge is 0.0966 e. The summed E-state index contributed by atoms with van der Waals surface area (Å²) in [5.74, 6) is 1.52. The molecule has 0 atom stereocenters. The Morgan fingerprint density at radius 3 is 2.73 bits per heavy atom. The maximum Gasteiger partial charge on any atom is 0.0966 e. The standard InChI is InChI=1S/C10H17ClN4/c1-14-7-10(12-13-14)8-15-4-2-9(6-11)3-5-15/h7,9H,2-6,8H2,1H3. The Bertz CT molecular complexity index is 304. The second-order valence-electron chi connectivity index (χ2n) is 4.26. The summed E-state index contributed by atoms with van der Waals surface area (Å²) < 4.78 is 1.75. The molecule has 1 aliphatic heterocycles. The van der Waals surface area contributed by atoms with Crippen molar-refractivity contribution in [3.63, 3.8) is 0 Å². The molecular weight excluding hydrogens is 212 g/mol. The van der Waals surface area contributed by atoms with E-state index < -0.39 is 0 Å². The molecule has 0 aliphatic carbocycles. The van der Waals surface area contributed by atoms with Gasteiger partial charge in [-0.1, -0.05) is 5.21 Å². The molecule has 1 saturated heterocycles. The lowest BCUT2D eigenvalue weighted by Gasteiger charge is -2.30. The molecule has 1 aromatic heterocycles. The second-order valence-corrected chi connectivity index (χ2v) is 4.57. The molecule has 0 saturated carbocycles. The Balaban J connectivity index is 1.82. The van der Waals surface area contributed by atoms with Crippen molar-refractivity contribution in [1.82, 2.24) is 19.9 Å². The molecule has 0 radical (unpaired) electrons. The highest BCUT2D eigenvalue weighted by Crippen LogP contribution is 2.19. The van der Waals surface area contributed by atoms with E-state index in [2.05, 4.69) is 15.2 Å². The lowest BCUT2D eigenvalue weighted by Crippen LogP contribution is -2.33. The second kappa shape index (κ2) is 4.94. The molecule has 1 fully saturated rings. The van der Waals surface area contributed by atoms with Gasteiger partial charge in [0.15, 0.2) is 0 Å². The van der Waals surface area contributed by atoms with Gasteiger partial charge in [-0.15, -0.1) is 16.7 Å². The van der Waals surface area contributed by atoms with Gasteiger partial charge in [-0.2, -0.15) is 0 Å². The number of likely N-dealkylation sites (tertiary alicyclic amines) is 1. The third-order valence-electron chi connectivity index (χ3n) is 2.96. The molecule has 1 aromatic rings. The molecule has 2 heterocycles. The molecule has 0 unspecified atom stereocenters. The Kier molecular flexibility index (Phi) is 3.59. The first kappa shape index (κ1) is 10.9. The first-order valence-corrected chi connectivity index (χ1v) is 5.95. The maximum absolute atomic E-state index is 5.85. The van der Waals surface area contributed by atoms with Crippen LogP contribution in [0.2, 0.25) is 0 Å². The lowest BCUT2D eigenvalue weighted by atomic mass is 9.99. The van der Waals surface area contributed by atoms with Crippen molar-refractivity contribution in [3.8, 4) is 0 Å². The number of alkyl halides is 1. The van der Waals surface area contributed by atoms with Crippen LogP contribution in [0.3, 0.4) is 0 Å². The summed E-state index contributed by atoms with van der Waals surface area (Å²) in [4.78, 5) is 2.42. The van der Waals surface area contributed by atoms with Crippen LogP contribution < -0.4 is 0 Å². The average Bonchev–Trinajstić information content (AvgIpc) is 2.65. The van der Waals surface area contributed by atoms with Gasteiger partial charge in [-0.3, -0.25) is 9.58 Å². The van der Waals surface area contributed by atoms with E-state index in [1.165, 1.54) is 12.8 Å². The summed E-state index contributed by atoms with van der Waals surface area (Å²) in [6, 6.07) is 0. The average molecular weight is 229 g/mol. The molecule has 84 valence electrons. The third kappa shape index (κ3) is 2.92. The third-order valence-corrected chi connectivity index (χ3v) is 3.40. The summed E-state index contributed by atoms with van der Waals surface area (Å²) in [6.45, 7) is 3.19. The predicted octanol–water partition coefficient (Wildman–Crippen LogP) is 1.27. The van der Waals surface area contributed by atoms with Crippen LogP contribution in [0.15, 0.2) is 6.20 Å². The van der Waals surface area contributed by atoms with Gasteiger partial charge in [0.1, 0.15) is 0 Å². The molecular formula is C10H17ClN4. The molecule has 0 spiro atoms. The molecule has 2 rings (SSSR count). The van der Waals surface area contributed by atoms with Crippen LogP contribution in [0.4, 0.5) is 0 Å². The van der Waals surface area contributed by atoms with Crippen molar-refractivity contribution in [2.24, 2.45) is 13.0 Å². The zero-order valence-electron chi connectivity index (χ0n) is 9.06. The van der Waals surface area contributed by atoms with Gasteiger partial charge in [-0.25, -0.2) is 0 Å². The Morgan fingerprint density at radius 1 is 1.47 bits per heavy atom. The molecule has 4 nitrogen and oxygen atoms in total. The van der Waals surface area contributed by atoms with Crippen LogP contribution >= 0.6 is 11.6 Å². The Morgan fingerprint density at radius 2 is 2.20 bits per heavy atom. The monoisotopic (exact) mass is 228 g/mol. The van der Waals surface area contributed by atoms with Crippen molar-refractivity contribution in [2.45, 2.75) is 19.4 Å². The Hall–Kier alpha value is -0.610. The highest BCUT2D eigenvalue weighted by molar-refractivity contribution is 6.18. The van der Waals surface area contributed by atoms with E-state index in [9.17, 15) is 0 Å². The van der Waals surface area contributed by atoms with Gasteiger partial charge in [0.2, 0.25) is 0 Å². The van der Waals surface area contributed by atoms with E-state index in [0.717, 1.165) is 31.2 Å². The van der Waals surface area contributed by atoms with Crippen molar-refractivity contribution in [1.29, 1.82) is 0 Å². The van der Waals surface area contributed by atoms with Gasteiger partial charge in [0.25, 0.3) is 0 Å². The first-order chi connectivity index (χ1) is 7.28. The molecule has 0 amide bonds. The predicted molar refractivity (Wildman–Crippen MR) is 59.7 cm³/mol. The van der Waals surface area contributed by atoms with E-state index in [-0.39, 0.29) is 0 Å². The number of aryl methyl sites for hydroxylation is 1. The summed E-state index contributed by atoms with van der Waals surface area (Å²) in [7, 11) is 1.90. The summed E-state index contributed by atoms with van der Waals surface area (Å²) in [5, 5.41) is 8.03. The lowest BCUT2D eigenvalue weighted by molar-refractivity contribution is 0.184. The minimum atomic E-state index is 0.713. The van der Waals surface area contributed by atoms with Crippen molar-refractivity contribution < 1.29 is 0 Å².